The molecule has 0 aliphatic carbocycles. The van der Waals surface area contributed by atoms with E-state index in [1.807, 2.05) is 35.0 Å². The topological polar surface area (TPSA) is 97.4 Å². The lowest BCUT2D eigenvalue weighted by Gasteiger charge is -2.32. The number of aromatic nitrogens is 5. The molecule has 9 nitrogen and oxygen atoms in total. The third-order valence-corrected chi connectivity index (χ3v) is 9.35. The predicted octanol–water partition coefficient (Wildman–Crippen LogP) is 4.92. The Bertz CT molecular complexity index is 1690. The number of likely N-dealkylation sites (tertiary alicyclic amines) is 1. The normalized spacial score (nSPS) is 16.5. The Morgan fingerprint density at radius 3 is 2.74 bits per heavy atom. The van der Waals surface area contributed by atoms with Gasteiger partial charge in [-0.1, -0.05) is 24.3 Å². The third kappa shape index (κ3) is 5.34. The van der Waals surface area contributed by atoms with E-state index < -0.39 is 10.0 Å². The summed E-state index contributed by atoms with van der Waals surface area (Å²) in [5, 5.41) is 8.00. The Hall–Kier alpha value is -3.54. The van der Waals surface area contributed by atoms with Crippen LogP contribution in [0, 0.1) is 0 Å². The fourth-order valence-corrected chi connectivity index (χ4v) is 6.85. The minimum Gasteiger partial charge on any atom is -0.366 e. The highest BCUT2D eigenvalue weighted by Gasteiger charge is 2.26. The Labute approximate surface area is 235 Å². The summed E-state index contributed by atoms with van der Waals surface area (Å²) in [6, 6.07) is 18.3. The Morgan fingerprint density at radius 1 is 1.05 bits per heavy atom. The van der Waals surface area contributed by atoms with Gasteiger partial charge in [0.05, 0.1) is 21.3 Å². The van der Waals surface area contributed by atoms with Gasteiger partial charge in [0, 0.05) is 55.9 Å². The number of halogens is 1. The van der Waals surface area contributed by atoms with E-state index >= 15 is 0 Å². The quantitative estimate of drug-likeness (QED) is 0.268. The maximum absolute atomic E-state index is 13.3. The van der Waals surface area contributed by atoms with Gasteiger partial charge >= 0.3 is 0 Å². The Balaban J connectivity index is 1.23. The van der Waals surface area contributed by atoms with Crippen LogP contribution in [0.1, 0.15) is 35.7 Å². The SMILES string of the molecule is O=S(=O)(c1ccccc1)n1cccc1CN1CCCC(c2cc(NCc3cccnc3)n3ncc(Br)c3n2)C1. The zero-order valence-electron chi connectivity index (χ0n) is 21.2. The van der Waals surface area contributed by atoms with Gasteiger partial charge in [-0.15, -0.1) is 0 Å². The van der Waals surface area contributed by atoms with E-state index in [0.717, 1.165) is 58.8 Å². The third-order valence-electron chi connectivity index (χ3n) is 7.05. The van der Waals surface area contributed by atoms with Crippen LogP contribution in [0.5, 0.6) is 0 Å². The van der Waals surface area contributed by atoms with Crippen molar-refractivity contribution in [3.8, 4) is 0 Å². The van der Waals surface area contributed by atoms with Gasteiger partial charge in [-0.05, 0) is 71.2 Å². The molecule has 1 aliphatic rings. The van der Waals surface area contributed by atoms with Crippen LogP contribution < -0.4 is 5.32 Å². The van der Waals surface area contributed by atoms with Crippen LogP contribution in [-0.4, -0.2) is 50.0 Å². The van der Waals surface area contributed by atoms with Crippen molar-refractivity contribution in [2.45, 2.75) is 36.7 Å². The molecule has 6 rings (SSSR count). The summed E-state index contributed by atoms with van der Waals surface area (Å²) in [7, 11) is -3.65. The maximum Gasteiger partial charge on any atom is 0.267 e. The molecule has 0 bridgehead atoms. The number of pyridine rings is 1. The summed E-state index contributed by atoms with van der Waals surface area (Å²) in [4.78, 5) is 11.8. The average molecular weight is 607 g/mol. The molecule has 1 saturated heterocycles. The second-order valence-corrected chi connectivity index (χ2v) is 12.4. The molecular weight excluding hydrogens is 578 g/mol. The minimum atomic E-state index is -3.65. The fraction of sp³-hybridized carbons (Fsp3) is 0.250. The number of rotatable bonds is 8. The predicted molar refractivity (Wildman–Crippen MR) is 153 cm³/mol. The second-order valence-electron chi connectivity index (χ2n) is 9.70. The molecule has 1 fully saturated rings. The molecule has 1 atom stereocenters. The molecule has 5 heterocycles. The number of hydrogen-bond donors (Lipinski definition) is 1. The van der Waals surface area contributed by atoms with Crippen LogP contribution in [0.25, 0.3) is 5.65 Å². The first-order chi connectivity index (χ1) is 19.0. The minimum absolute atomic E-state index is 0.207. The van der Waals surface area contributed by atoms with Gasteiger partial charge in [-0.3, -0.25) is 9.88 Å². The highest BCUT2D eigenvalue weighted by atomic mass is 79.9. The van der Waals surface area contributed by atoms with E-state index in [9.17, 15) is 8.42 Å². The van der Waals surface area contributed by atoms with Gasteiger partial charge in [0.25, 0.3) is 10.0 Å². The highest BCUT2D eigenvalue weighted by molar-refractivity contribution is 9.10. The molecule has 11 heteroatoms. The summed E-state index contributed by atoms with van der Waals surface area (Å²) < 4.78 is 30.6. The van der Waals surface area contributed by atoms with Crippen LogP contribution in [0.2, 0.25) is 0 Å². The van der Waals surface area contributed by atoms with E-state index in [1.165, 1.54) is 3.97 Å². The molecule has 4 aromatic heterocycles. The summed E-state index contributed by atoms with van der Waals surface area (Å²) in [5.41, 5.74) is 3.59. The lowest BCUT2D eigenvalue weighted by atomic mass is 9.94. The number of benzene rings is 1. The van der Waals surface area contributed by atoms with Crippen molar-refractivity contribution < 1.29 is 8.42 Å². The summed E-state index contributed by atoms with van der Waals surface area (Å²) in [5.74, 6) is 1.07. The standard InChI is InChI=1S/C28H28BrN7O2S/c29-25-18-32-36-27(31-17-21-7-4-12-30-16-21)15-26(33-28(25)36)22-8-5-13-34(19-22)20-23-9-6-14-35(23)39(37,38)24-10-2-1-3-11-24/h1-4,6-7,9-12,14-16,18,22,31H,5,8,13,17,19-20H2. The van der Waals surface area contributed by atoms with Crippen molar-refractivity contribution in [1.29, 1.82) is 0 Å². The zero-order chi connectivity index (χ0) is 26.8. The van der Waals surface area contributed by atoms with E-state index in [1.54, 1.807) is 48.9 Å². The first kappa shape index (κ1) is 25.7. The fourth-order valence-electron chi connectivity index (χ4n) is 5.12. The van der Waals surface area contributed by atoms with Crippen LogP contribution >= 0.6 is 15.9 Å². The van der Waals surface area contributed by atoms with Crippen molar-refractivity contribution in [2.24, 2.45) is 0 Å². The number of anilines is 1. The zero-order valence-corrected chi connectivity index (χ0v) is 23.6. The second kappa shape index (κ2) is 10.9. The molecule has 0 radical (unpaired) electrons. The van der Waals surface area contributed by atoms with Crippen LogP contribution in [0.3, 0.4) is 0 Å². The summed E-state index contributed by atoms with van der Waals surface area (Å²) in [6.45, 7) is 2.85. The first-order valence-corrected chi connectivity index (χ1v) is 15.1. The Morgan fingerprint density at radius 2 is 1.92 bits per heavy atom. The van der Waals surface area contributed by atoms with Crippen LogP contribution in [0.15, 0.2) is 94.8 Å². The molecule has 0 amide bonds. The largest absolute Gasteiger partial charge is 0.366 e. The van der Waals surface area contributed by atoms with Crippen molar-refractivity contribution in [1.82, 2.24) is 28.5 Å². The molecule has 1 aromatic carbocycles. The molecule has 1 unspecified atom stereocenters. The van der Waals surface area contributed by atoms with Crippen molar-refractivity contribution in [2.75, 3.05) is 18.4 Å². The number of fused-ring (bicyclic) bond motifs is 1. The van der Waals surface area contributed by atoms with Crippen molar-refractivity contribution in [3.05, 3.63) is 107 Å². The summed E-state index contributed by atoms with van der Waals surface area (Å²) >= 11 is 3.60. The molecule has 0 saturated carbocycles. The monoisotopic (exact) mass is 605 g/mol. The van der Waals surface area contributed by atoms with E-state index in [-0.39, 0.29) is 10.8 Å². The van der Waals surface area contributed by atoms with E-state index in [2.05, 4.69) is 42.3 Å². The van der Waals surface area contributed by atoms with Crippen molar-refractivity contribution >= 4 is 37.4 Å². The number of nitrogens with one attached hydrogen (secondary N) is 1. The molecule has 0 spiro atoms. The van der Waals surface area contributed by atoms with Gasteiger partial charge in [-0.25, -0.2) is 17.4 Å². The lowest BCUT2D eigenvalue weighted by molar-refractivity contribution is 0.196. The number of nitrogens with zero attached hydrogens (tertiary/aromatic N) is 6. The number of piperidine rings is 1. The summed E-state index contributed by atoms with van der Waals surface area (Å²) in [6.07, 6.45) is 9.01. The van der Waals surface area contributed by atoms with Crippen molar-refractivity contribution in [3.63, 3.8) is 0 Å². The van der Waals surface area contributed by atoms with Gasteiger partial charge in [0.2, 0.25) is 0 Å². The van der Waals surface area contributed by atoms with Gasteiger partial charge in [-0.2, -0.15) is 9.61 Å². The van der Waals surface area contributed by atoms with Gasteiger partial charge in [0.15, 0.2) is 5.65 Å². The molecule has 5 aromatic rings. The van der Waals surface area contributed by atoms with Crippen LogP contribution in [0.4, 0.5) is 5.82 Å². The smallest absolute Gasteiger partial charge is 0.267 e. The lowest BCUT2D eigenvalue weighted by Crippen LogP contribution is -2.35. The highest BCUT2D eigenvalue weighted by Crippen LogP contribution is 2.31. The molecule has 1 aliphatic heterocycles. The van der Waals surface area contributed by atoms with E-state index in [0.29, 0.717) is 13.1 Å². The van der Waals surface area contributed by atoms with E-state index in [4.69, 9.17) is 4.98 Å². The Kier molecular flexibility index (Phi) is 7.20. The molecule has 1 N–H and O–H groups in total. The number of hydrogen-bond acceptors (Lipinski definition) is 7. The molecular formula is C28H28BrN7O2S. The van der Waals surface area contributed by atoms with Gasteiger partial charge < -0.3 is 5.32 Å². The molecule has 200 valence electrons. The maximum atomic E-state index is 13.3. The van der Waals surface area contributed by atoms with Crippen LogP contribution in [-0.2, 0) is 23.1 Å². The first-order valence-electron chi connectivity index (χ1n) is 12.9. The average Bonchev–Trinajstić information content (AvgIpc) is 3.60. The molecule has 39 heavy (non-hydrogen) atoms. The van der Waals surface area contributed by atoms with Gasteiger partial charge in [0.1, 0.15) is 5.82 Å².